The Kier molecular flexibility index (Phi) is 8.37. The Hall–Kier alpha value is -2.06. The quantitative estimate of drug-likeness (QED) is 0.419. The van der Waals surface area contributed by atoms with Gasteiger partial charge in [-0.15, -0.1) is 10.2 Å². The van der Waals surface area contributed by atoms with Gasteiger partial charge in [-0.1, -0.05) is 72.2 Å². The third-order valence-electron chi connectivity index (χ3n) is 4.77. The Morgan fingerprint density at radius 1 is 1.16 bits per heavy atom. The number of aromatic nitrogens is 3. The van der Waals surface area contributed by atoms with E-state index in [1.807, 2.05) is 32.3 Å². The smallest absolute Gasteiger partial charge is 0.234 e. The summed E-state index contributed by atoms with van der Waals surface area (Å²) in [6.07, 6.45) is 0.903. The molecule has 31 heavy (non-hydrogen) atoms. The van der Waals surface area contributed by atoms with Crippen molar-refractivity contribution in [3.63, 3.8) is 0 Å². The van der Waals surface area contributed by atoms with Gasteiger partial charge in [-0.3, -0.25) is 9.69 Å². The van der Waals surface area contributed by atoms with Crippen LogP contribution in [0.15, 0.2) is 53.7 Å². The monoisotopic (exact) mass is 477 g/mol. The second kappa shape index (κ2) is 11.0. The molecule has 0 aliphatic carbocycles. The second-order valence-corrected chi connectivity index (χ2v) is 9.05. The van der Waals surface area contributed by atoms with E-state index in [4.69, 9.17) is 23.2 Å². The summed E-state index contributed by atoms with van der Waals surface area (Å²) in [6.45, 7) is 2.77. The van der Waals surface area contributed by atoms with Crippen molar-refractivity contribution in [2.24, 2.45) is 0 Å². The van der Waals surface area contributed by atoms with Crippen LogP contribution in [0.3, 0.4) is 0 Å². The second-order valence-electron chi connectivity index (χ2n) is 7.26. The number of rotatable bonds is 9. The highest BCUT2D eigenvalue weighted by Gasteiger charge is 2.22. The van der Waals surface area contributed by atoms with Crippen LogP contribution >= 0.6 is 35.0 Å². The Morgan fingerprint density at radius 3 is 2.55 bits per heavy atom. The van der Waals surface area contributed by atoms with Crippen molar-refractivity contribution in [1.82, 2.24) is 19.7 Å². The topological polar surface area (TPSA) is 63.1 Å². The van der Waals surface area contributed by atoms with Gasteiger partial charge in [-0.2, -0.15) is 0 Å². The van der Waals surface area contributed by atoms with Crippen LogP contribution in [0.1, 0.15) is 30.8 Å². The molecule has 164 valence electrons. The van der Waals surface area contributed by atoms with Crippen LogP contribution in [0.2, 0.25) is 10.0 Å². The van der Waals surface area contributed by atoms with Crippen molar-refractivity contribution < 1.29 is 4.79 Å². The maximum absolute atomic E-state index is 12.5. The molecule has 0 bridgehead atoms. The molecule has 0 aliphatic rings. The molecule has 1 heterocycles. The highest BCUT2D eigenvalue weighted by atomic mass is 35.5. The fourth-order valence-corrected chi connectivity index (χ4v) is 4.45. The van der Waals surface area contributed by atoms with E-state index < -0.39 is 0 Å². The largest absolute Gasteiger partial charge is 0.324 e. The zero-order valence-electron chi connectivity index (χ0n) is 17.7. The molecule has 1 amide bonds. The minimum atomic E-state index is -0.176. The minimum absolute atomic E-state index is 0.132. The van der Waals surface area contributed by atoms with Gasteiger partial charge in [0.2, 0.25) is 5.91 Å². The first kappa shape index (κ1) is 23.6. The number of nitrogens with one attached hydrogen (secondary N) is 1. The first-order valence-electron chi connectivity index (χ1n) is 9.90. The molecular weight excluding hydrogens is 453 g/mol. The zero-order chi connectivity index (χ0) is 22.4. The summed E-state index contributed by atoms with van der Waals surface area (Å²) in [6, 6.07) is 15.3. The molecule has 0 spiro atoms. The van der Waals surface area contributed by atoms with Crippen molar-refractivity contribution >= 4 is 46.6 Å². The van der Waals surface area contributed by atoms with E-state index in [1.165, 1.54) is 11.8 Å². The molecule has 1 unspecified atom stereocenters. The van der Waals surface area contributed by atoms with Crippen LogP contribution in [-0.4, -0.2) is 45.4 Å². The molecule has 3 rings (SSSR count). The molecule has 0 radical (unpaired) electrons. The van der Waals surface area contributed by atoms with E-state index in [0.717, 1.165) is 17.8 Å². The van der Waals surface area contributed by atoms with E-state index in [9.17, 15) is 4.79 Å². The fraction of sp³-hybridized carbons (Fsp3) is 0.318. The van der Waals surface area contributed by atoms with Crippen molar-refractivity contribution in [3.05, 3.63) is 70.0 Å². The van der Waals surface area contributed by atoms with Crippen LogP contribution in [0.4, 0.5) is 5.69 Å². The lowest BCUT2D eigenvalue weighted by molar-refractivity contribution is -0.113. The number of benzene rings is 2. The first-order chi connectivity index (χ1) is 14.9. The van der Waals surface area contributed by atoms with Gasteiger partial charge in [0.25, 0.3) is 0 Å². The number of amides is 1. The average molecular weight is 478 g/mol. The van der Waals surface area contributed by atoms with Crippen molar-refractivity contribution in [1.29, 1.82) is 0 Å². The molecule has 6 nitrogen and oxygen atoms in total. The van der Waals surface area contributed by atoms with Crippen molar-refractivity contribution in [3.8, 4) is 0 Å². The van der Waals surface area contributed by atoms with E-state index in [-0.39, 0.29) is 17.7 Å². The van der Waals surface area contributed by atoms with E-state index in [0.29, 0.717) is 27.4 Å². The first-order valence-corrected chi connectivity index (χ1v) is 11.6. The number of carbonyl (C=O) groups is 1. The lowest BCUT2D eigenvalue weighted by Crippen LogP contribution is -2.23. The Bertz CT molecular complexity index is 1030. The van der Waals surface area contributed by atoms with E-state index in [1.54, 1.807) is 18.2 Å². The number of hydrogen-bond donors (Lipinski definition) is 1. The van der Waals surface area contributed by atoms with Gasteiger partial charge in [-0.25, -0.2) is 0 Å². The van der Waals surface area contributed by atoms with Gasteiger partial charge in [0.05, 0.1) is 29.0 Å². The normalized spacial score (nSPS) is 12.2. The van der Waals surface area contributed by atoms with Crippen LogP contribution in [-0.2, 0) is 11.3 Å². The molecular formula is C22H25Cl2N5OS. The van der Waals surface area contributed by atoms with E-state index in [2.05, 4.69) is 44.0 Å². The van der Waals surface area contributed by atoms with Crippen LogP contribution < -0.4 is 5.32 Å². The number of nitrogens with zero attached hydrogens (tertiary/aromatic N) is 4. The van der Waals surface area contributed by atoms with Gasteiger partial charge in [0.15, 0.2) is 11.0 Å². The number of carbonyl (C=O) groups excluding carboxylic acids is 1. The zero-order valence-corrected chi connectivity index (χ0v) is 20.0. The van der Waals surface area contributed by atoms with Crippen LogP contribution in [0.5, 0.6) is 0 Å². The molecule has 1 N–H and O–H groups in total. The van der Waals surface area contributed by atoms with Crippen LogP contribution in [0.25, 0.3) is 0 Å². The molecule has 1 atom stereocenters. The number of halogens is 2. The highest BCUT2D eigenvalue weighted by Crippen LogP contribution is 2.28. The molecule has 0 saturated heterocycles. The summed E-state index contributed by atoms with van der Waals surface area (Å²) in [4.78, 5) is 14.6. The minimum Gasteiger partial charge on any atom is -0.324 e. The van der Waals surface area contributed by atoms with Gasteiger partial charge in [0.1, 0.15) is 0 Å². The third kappa shape index (κ3) is 6.23. The van der Waals surface area contributed by atoms with Crippen molar-refractivity contribution in [2.45, 2.75) is 31.1 Å². The number of anilines is 1. The SMILES string of the molecule is CCC(c1nnc(SCC(=O)Nc2ccc(Cl)cc2Cl)n1Cc1ccccc1)N(C)C. The molecule has 1 aromatic heterocycles. The summed E-state index contributed by atoms with van der Waals surface area (Å²) in [5, 5.41) is 13.3. The fourth-order valence-electron chi connectivity index (χ4n) is 3.25. The molecule has 0 aliphatic heterocycles. The van der Waals surface area contributed by atoms with Gasteiger partial charge >= 0.3 is 0 Å². The Morgan fingerprint density at radius 2 is 1.90 bits per heavy atom. The lowest BCUT2D eigenvalue weighted by Gasteiger charge is -2.23. The van der Waals surface area contributed by atoms with Crippen LogP contribution in [0, 0.1) is 0 Å². The summed E-state index contributed by atoms with van der Waals surface area (Å²) in [7, 11) is 4.07. The number of thioether (sulfide) groups is 1. The predicted octanol–water partition coefficient (Wildman–Crippen LogP) is 5.38. The third-order valence-corrected chi connectivity index (χ3v) is 6.29. The summed E-state index contributed by atoms with van der Waals surface area (Å²) < 4.78 is 2.09. The molecule has 0 saturated carbocycles. The molecule has 2 aromatic carbocycles. The van der Waals surface area contributed by atoms with Gasteiger partial charge in [-0.05, 0) is 44.3 Å². The van der Waals surface area contributed by atoms with Crippen molar-refractivity contribution in [2.75, 3.05) is 25.2 Å². The predicted molar refractivity (Wildman–Crippen MR) is 128 cm³/mol. The van der Waals surface area contributed by atoms with E-state index >= 15 is 0 Å². The molecule has 3 aromatic rings. The molecule has 9 heteroatoms. The summed E-state index contributed by atoms with van der Waals surface area (Å²) >= 11 is 13.4. The summed E-state index contributed by atoms with van der Waals surface area (Å²) in [5.74, 6) is 0.898. The lowest BCUT2D eigenvalue weighted by atomic mass is 10.2. The number of hydrogen-bond acceptors (Lipinski definition) is 5. The Labute approximate surface area is 196 Å². The highest BCUT2D eigenvalue weighted by molar-refractivity contribution is 7.99. The molecule has 0 fully saturated rings. The maximum Gasteiger partial charge on any atom is 0.234 e. The maximum atomic E-state index is 12.5. The van der Waals surface area contributed by atoms with Gasteiger partial charge < -0.3 is 9.88 Å². The Balaban J connectivity index is 1.78. The van der Waals surface area contributed by atoms with Gasteiger partial charge in [0, 0.05) is 5.02 Å². The average Bonchev–Trinajstić information content (AvgIpc) is 3.12. The summed E-state index contributed by atoms with van der Waals surface area (Å²) in [5.41, 5.74) is 1.68. The standard InChI is InChI=1S/C22H25Cl2N5OS/c1-4-19(28(2)3)21-26-27-22(29(21)13-15-8-6-5-7-9-15)31-14-20(30)25-18-11-10-16(23)12-17(18)24/h5-12,19H,4,13-14H2,1-3H3,(H,25,30).